The Morgan fingerprint density at radius 1 is 1.20 bits per heavy atom. The van der Waals surface area contributed by atoms with Gasteiger partial charge in [0.2, 0.25) is 0 Å². The van der Waals surface area contributed by atoms with E-state index in [-0.39, 0.29) is 0 Å². The van der Waals surface area contributed by atoms with Crippen molar-refractivity contribution in [3.05, 3.63) is 46.2 Å². The zero-order valence-corrected chi connectivity index (χ0v) is 14.1. The van der Waals surface area contributed by atoms with E-state index in [0.29, 0.717) is 12.0 Å². The molecule has 0 bridgehead atoms. The second-order valence-electron chi connectivity index (χ2n) is 5.65. The number of aromatic nitrogens is 2. The van der Waals surface area contributed by atoms with Crippen LogP contribution in [0.2, 0.25) is 0 Å². The van der Waals surface area contributed by atoms with Crippen molar-refractivity contribution in [3.63, 3.8) is 0 Å². The molecule has 0 atom stereocenters. The van der Waals surface area contributed by atoms with Crippen LogP contribution >= 0.6 is 15.9 Å². The van der Waals surface area contributed by atoms with E-state index in [1.807, 2.05) is 10.9 Å². The molecule has 0 fully saturated rings. The molecule has 0 unspecified atom stereocenters. The van der Waals surface area contributed by atoms with Gasteiger partial charge in [-0.3, -0.25) is 0 Å². The van der Waals surface area contributed by atoms with Crippen LogP contribution in [0.4, 0.5) is 0 Å². The van der Waals surface area contributed by atoms with Gasteiger partial charge in [0.05, 0.1) is 11.4 Å². The summed E-state index contributed by atoms with van der Waals surface area (Å²) < 4.78 is 3.04. The fourth-order valence-electron chi connectivity index (χ4n) is 1.99. The predicted molar refractivity (Wildman–Crippen MR) is 87.3 cm³/mol. The van der Waals surface area contributed by atoms with Gasteiger partial charge in [-0.05, 0) is 29.7 Å². The van der Waals surface area contributed by atoms with Crippen molar-refractivity contribution in [1.29, 1.82) is 0 Å². The highest BCUT2D eigenvalue weighted by molar-refractivity contribution is 9.10. The summed E-state index contributed by atoms with van der Waals surface area (Å²) in [6, 6.07) is 8.90. The van der Waals surface area contributed by atoms with Crippen molar-refractivity contribution < 1.29 is 0 Å². The third-order valence-electron chi connectivity index (χ3n) is 3.20. The van der Waals surface area contributed by atoms with Gasteiger partial charge in [-0.1, -0.05) is 49.7 Å². The highest BCUT2D eigenvalue weighted by Gasteiger charge is 2.09. The summed E-state index contributed by atoms with van der Waals surface area (Å²) in [6.07, 6.45) is 2.04. The molecule has 108 valence electrons. The van der Waals surface area contributed by atoms with E-state index in [9.17, 15) is 0 Å². The van der Waals surface area contributed by atoms with Crippen molar-refractivity contribution in [2.24, 2.45) is 0 Å². The normalized spacial score (nSPS) is 11.6. The van der Waals surface area contributed by atoms with Gasteiger partial charge in [-0.15, -0.1) is 0 Å². The van der Waals surface area contributed by atoms with Crippen molar-refractivity contribution in [1.82, 2.24) is 15.1 Å². The number of nitrogens with one attached hydrogen (secondary N) is 1. The number of nitrogens with zero attached hydrogens (tertiary/aromatic N) is 2. The maximum atomic E-state index is 4.68. The summed E-state index contributed by atoms with van der Waals surface area (Å²) in [4.78, 5) is 0. The van der Waals surface area contributed by atoms with Crippen molar-refractivity contribution in [3.8, 4) is 5.69 Å². The molecule has 0 saturated heterocycles. The zero-order chi connectivity index (χ0) is 14.7. The number of benzene rings is 1. The molecule has 20 heavy (non-hydrogen) atoms. The van der Waals surface area contributed by atoms with Crippen molar-refractivity contribution in [2.75, 3.05) is 0 Å². The Balaban J connectivity index is 2.34. The summed E-state index contributed by atoms with van der Waals surface area (Å²) in [6.45, 7) is 9.48. The molecule has 3 nitrogen and oxygen atoms in total. The summed E-state index contributed by atoms with van der Waals surface area (Å²) in [5, 5.41) is 8.14. The Bertz CT molecular complexity index is 573. The standard InChI is InChI=1S/C16H22BrN3/c1-11(2)15-7-8-20(19-15)16-9-14(17)6-5-13(16)10-18-12(3)4/h5-9,11-12,18H,10H2,1-4H3. The van der Waals surface area contributed by atoms with E-state index in [2.05, 4.69) is 78.3 Å². The molecule has 1 aromatic carbocycles. The van der Waals surface area contributed by atoms with E-state index in [1.165, 1.54) is 5.56 Å². The topological polar surface area (TPSA) is 29.9 Å². The highest BCUT2D eigenvalue weighted by Crippen LogP contribution is 2.22. The molecule has 0 saturated carbocycles. The van der Waals surface area contributed by atoms with E-state index < -0.39 is 0 Å². The van der Waals surface area contributed by atoms with Crippen LogP contribution in [0, 0.1) is 0 Å². The van der Waals surface area contributed by atoms with E-state index in [0.717, 1.165) is 22.4 Å². The first-order chi connectivity index (χ1) is 9.47. The smallest absolute Gasteiger partial charge is 0.0701 e. The molecule has 0 aliphatic carbocycles. The zero-order valence-electron chi connectivity index (χ0n) is 12.5. The van der Waals surface area contributed by atoms with Crippen LogP contribution < -0.4 is 5.32 Å². The summed E-state index contributed by atoms with van der Waals surface area (Å²) >= 11 is 3.55. The molecular weight excluding hydrogens is 314 g/mol. The van der Waals surface area contributed by atoms with Gasteiger partial charge in [0.1, 0.15) is 0 Å². The van der Waals surface area contributed by atoms with Crippen LogP contribution in [0.25, 0.3) is 5.69 Å². The molecular formula is C16H22BrN3. The van der Waals surface area contributed by atoms with Crippen molar-refractivity contribution in [2.45, 2.75) is 46.2 Å². The first-order valence-corrected chi connectivity index (χ1v) is 7.84. The first-order valence-electron chi connectivity index (χ1n) is 7.05. The molecule has 2 aromatic rings. The van der Waals surface area contributed by atoms with E-state index in [4.69, 9.17) is 0 Å². The SMILES string of the molecule is CC(C)NCc1ccc(Br)cc1-n1ccc(C(C)C)n1. The Morgan fingerprint density at radius 3 is 2.55 bits per heavy atom. The number of hydrogen-bond donors (Lipinski definition) is 1. The number of rotatable bonds is 5. The number of halogens is 1. The third-order valence-corrected chi connectivity index (χ3v) is 3.69. The Kier molecular flexibility index (Phi) is 5.00. The second kappa shape index (κ2) is 6.55. The molecule has 1 N–H and O–H groups in total. The maximum Gasteiger partial charge on any atom is 0.0701 e. The van der Waals surface area contributed by atoms with Gasteiger partial charge >= 0.3 is 0 Å². The highest BCUT2D eigenvalue weighted by atomic mass is 79.9. The molecule has 0 radical (unpaired) electrons. The Hall–Kier alpha value is -1.13. The summed E-state index contributed by atoms with van der Waals surface area (Å²) in [5.74, 6) is 0.445. The fourth-order valence-corrected chi connectivity index (χ4v) is 2.34. The monoisotopic (exact) mass is 335 g/mol. The first kappa shape index (κ1) is 15.3. The van der Waals surface area contributed by atoms with Gasteiger partial charge in [-0.25, -0.2) is 4.68 Å². The minimum absolute atomic E-state index is 0.445. The van der Waals surface area contributed by atoms with Crippen LogP contribution in [-0.2, 0) is 6.54 Å². The van der Waals surface area contributed by atoms with Gasteiger partial charge in [0.25, 0.3) is 0 Å². The molecule has 4 heteroatoms. The quantitative estimate of drug-likeness (QED) is 0.884. The largest absolute Gasteiger partial charge is 0.310 e. The van der Waals surface area contributed by atoms with Crippen molar-refractivity contribution >= 4 is 15.9 Å². The minimum Gasteiger partial charge on any atom is -0.310 e. The number of hydrogen-bond acceptors (Lipinski definition) is 2. The lowest BCUT2D eigenvalue weighted by Gasteiger charge is -2.13. The molecule has 0 spiro atoms. The van der Waals surface area contributed by atoms with Crippen LogP contribution in [0.1, 0.15) is 44.9 Å². The minimum atomic E-state index is 0.445. The van der Waals surface area contributed by atoms with Crippen LogP contribution in [0.5, 0.6) is 0 Å². The lowest BCUT2D eigenvalue weighted by Crippen LogP contribution is -2.22. The molecule has 0 amide bonds. The second-order valence-corrected chi connectivity index (χ2v) is 6.56. The fraction of sp³-hybridized carbons (Fsp3) is 0.438. The molecule has 0 aliphatic rings. The van der Waals surface area contributed by atoms with Gasteiger partial charge in [0, 0.05) is 23.3 Å². The van der Waals surface area contributed by atoms with E-state index in [1.54, 1.807) is 0 Å². The molecule has 2 rings (SSSR count). The third kappa shape index (κ3) is 3.70. The predicted octanol–water partition coefficient (Wildman–Crippen LogP) is 4.26. The Labute approximate surface area is 129 Å². The Morgan fingerprint density at radius 2 is 1.95 bits per heavy atom. The van der Waals surface area contributed by atoms with Crippen LogP contribution in [0.15, 0.2) is 34.9 Å². The average Bonchev–Trinajstić information content (AvgIpc) is 2.86. The van der Waals surface area contributed by atoms with Gasteiger partial charge in [-0.2, -0.15) is 5.10 Å². The van der Waals surface area contributed by atoms with E-state index >= 15 is 0 Å². The van der Waals surface area contributed by atoms with Gasteiger partial charge < -0.3 is 5.32 Å². The van der Waals surface area contributed by atoms with Gasteiger partial charge in [0.15, 0.2) is 0 Å². The molecule has 0 aliphatic heterocycles. The summed E-state index contributed by atoms with van der Waals surface area (Å²) in [7, 11) is 0. The maximum absolute atomic E-state index is 4.68. The summed E-state index contributed by atoms with van der Waals surface area (Å²) in [5.41, 5.74) is 3.49. The lowest BCUT2D eigenvalue weighted by molar-refractivity contribution is 0.586. The molecule has 1 heterocycles. The molecule has 1 aromatic heterocycles. The average molecular weight is 336 g/mol. The van der Waals surface area contributed by atoms with Crippen LogP contribution in [-0.4, -0.2) is 15.8 Å². The lowest BCUT2D eigenvalue weighted by atomic mass is 10.1. The van der Waals surface area contributed by atoms with Crippen LogP contribution in [0.3, 0.4) is 0 Å².